The topological polar surface area (TPSA) is 70.1 Å². The van der Waals surface area contributed by atoms with Crippen LogP contribution in [0.5, 0.6) is 0 Å². The van der Waals surface area contributed by atoms with E-state index in [1.54, 1.807) is 12.1 Å². The van der Waals surface area contributed by atoms with Crippen LogP contribution in [-0.4, -0.2) is 46.6 Å². The van der Waals surface area contributed by atoms with Crippen LogP contribution in [0.2, 0.25) is 5.02 Å². The third-order valence-corrected chi connectivity index (χ3v) is 6.22. The number of halogens is 1. The predicted molar refractivity (Wildman–Crippen MR) is 124 cm³/mol. The third kappa shape index (κ3) is 6.09. The molecule has 1 aliphatic heterocycles. The fourth-order valence-electron chi connectivity index (χ4n) is 4.04. The van der Waals surface area contributed by atoms with Crippen LogP contribution in [0.1, 0.15) is 50.2 Å². The molecule has 1 fully saturated rings. The Morgan fingerprint density at radius 3 is 2.44 bits per heavy atom. The second kappa shape index (κ2) is 11.5. The normalized spacial score (nSPS) is 16.8. The molecule has 0 spiro atoms. The molecule has 1 amide bonds. The lowest BCUT2D eigenvalue weighted by molar-refractivity contribution is -0.131. The van der Waals surface area contributed by atoms with Crippen LogP contribution in [0, 0.1) is 0 Å². The zero-order valence-electron chi connectivity index (χ0n) is 18.5. The Hall–Kier alpha value is -2.41. The fourth-order valence-corrected chi connectivity index (χ4v) is 4.16. The Morgan fingerprint density at radius 1 is 1.19 bits per heavy atom. The van der Waals surface area contributed by atoms with Crippen molar-refractivity contribution in [3.63, 3.8) is 0 Å². The minimum absolute atomic E-state index is 0.137. The molecule has 32 heavy (non-hydrogen) atoms. The summed E-state index contributed by atoms with van der Waals surface area (Å²) in [5, 5.41) is 15.1. The summed E-state index contributed by atoms with van der Waals surface area (Å²) >= 11 is 5.98. The zero-order valence-corrected chi connectivity index (χ0v) is 19.2. The number of hydrogen-bond acceptors (Lipinski definition) is 5. The van der Waals surface area contributed by atoms with Crippen LogP contribution >= 0.6 is 11.6 Å². The summed E-state index contributed by atoms with van der Waals surface area (Å²) in [6.45, 7) is 3.04. The highest BCUT2D eigenvalue weighted by molar-refractivity contribution is 6.30. The molecule has 1 aliphatic rings. The molecule has 1 N–H and O–H groups in total. The molecule has 0 aliphatic carbocycles. The molecule has 172 valence electrons. The minimum atomic E-state index is -0.999. The molecular weight excluding hydrogens is 428 g/mol. The second-order valence-electron chi connectivity index (χ2n) is 8.22. The first-order chi connectivity index (χ1) is 15.5. The first kappa shape index (κ1) is 24.2. The molecule has 2 aromatic rings. The van der Waals surface area contributed by atoms with Crippen molar-refractivity contribution in [1.82, 2.24) is 10.0 Å². The maximum Gasteiger partial charge on any atom is 0.425 e. The van der Waals surface area contributed by atoms with Gasteiger partial charge in [0.05, 0.1) is 5.60 Å². The highest BCUT2D eigenvalue weighted by Gasteiger charge is 2.39. The van der Waals surface area contributed by atoms with Gasteiger partial charge in [0.15, 0.2) is 0 Å². The number of rotatable bonds is 9. The number of amides is 1. The van der Waals surface area contributed by atoms with E-state index in [1.807, 2.05) is 54.4 Å². The fraction of sp³-hybridized carbons (Fsp3) is 0.440. The number of hydrazine groups is 1. The second-order valence-corrected chi connectivity index (χ2v) is 8.66. The lowest BCUT2D eigenvalue weighted by atomic mass is 9.85. The van der Waals surface area contributed by atoms with Crippen molar-refractivity contribution in [3.05, 3.63) is 70.7 Å². The van der Waals surface area contributed by atoms with Crippen molar-refractivity contribution in [2.75, 3.05) is 13.1 Å². The number of aliphatic hydroxyl groups is 1. The van der Waals surface area contributed by atoms with Crippen LogP contribution in [-0.2, 0) is 21.7 Å². The van der Waals surface area contributed by atoms with E-state index in [0.29, 0.717) is 37.4 Å². The molecule has 1 atom stereocenters. The number of carbonyl (C=O) groups is 2. The summed E-state index contributed by atoms with van der Waals surface area (Å²) in [5.41, 5.74) is 0.686. The van der Waals surface area contributed by atoms with Crippen LogP contribution in [0.15, 0.2) is 54.6 Å². The molecule has 0 aromatic heterocycles. The maximum atomic E-state index is 13.1. The van der Waals surface area contributed by atoms with Gasteiger partial charge in [-0.3, -0.25) is 0 Å². The van der Waals surface area contributed by atoms with E-state index in [4.69, 9.17) is 16.3 Å². The lowest BCUT2D eigenvalue weighted by Crippen LogP contribution is -2.57. The summed E-state index contributed by atoms with van der Waals surface area (Å²) in [5.74, 6) is 0. The number of carbonyl (C=O) groups excluding carboxylic acids is 2. The standard InChI is InChI=1S/C25H31ClN2O4/c1-2-3-9-23(18-29)28(24(30)32-19-20-7-5-4-6-8-20)27-16-14-25(31,15-17-27)21-10-12-22(26)13-11-21/h4-8,10-13,18,23,31H,2-3,9,14-17,19H2,1H3. The molecule has 0 radical (unpaired) electrons. The zero-order chi connectivity index (χ0) is 23.0. The number of ether oxygens (including phenoxy) is 1. The van der Waals surface area contributed by atoms with Crippen LogP contribution in [0.4, 0.5) is 4.79 Å². The lowest BCUT2D eigenvalue weighted by Gasteiger charge is -2.44. The third-order valence-electron chi connectivity index (χ3n) is 5.97. The first-order valence-corrected chi connectivity index (χ1v) is 11.5. The average molecular weight is 459 g/mol. The largest absolute Gasteiger partial charge is 0.444 e. The van der Waals surface area contributed by atoms with Gasteiger partial charge in [-0.15, -0.1) is 0 Å². The molecule has 0 bridgehead atoms. The summed E-state index contributed by atoms with van der Waals surface area (Å²) in [4.78, 5) is 25.0. The Labute approximate surface area is 194 Å². The SMILES string of the molecule is CCCCC(C=O)N(C(=O)OCc1ccccc1)N1CCC(O)(c2ccc(Cl)cc2)CC1. The number of piperidine rings is 1. The van der Waals surface area contributed by atoms with Gasteiger partial charge in [0, 0.05) is 18.1 Å². The van der Waals surface area contributed by atoms with Gasteiger partial charge in [-0.2, -0.15) is 0 Å². The maximum absolute atomic E-state index is 13.1. The molecule has 0 saturated carbocycles. The number of benzene rings is 2. The van der Waals surface area contributed by atoms with E-state index in [-0.39, 0.29) is 6.61 Å². The van der Waals surface area contributed by atoms with Crippen molar-refractivity contribution in [2.45, 2.75) is 57.3 Å². The van der Waals surface area contributed by atoms with E-state index in [2.05, 4.69) is 0 Å². The van der Waals surface area contributed by atoms with Gasteiger partial charge in [-0.25, -0.2) is 14.8 Å². The van der Waals surface area contributed by atoms with Gasteiger partial charge in [-0.1, -0.05) is 73.8 Å². The first-order valence-electron chi connectivity index (χ1n) is 11.2. The van der Waals surface area contributed by atoms with Gasteiger partial charge in [0.25, 0.3) is 0 Å². The van der Waals surface area contributed by atoms with Crippen molar-refractivity contribution >= 4 is 24.0 Å². The van der Waals surface area contributed by atoms with Crippen molar-refractivity contribution in [1.29, 1.82) is 0 Å². The smallest absolute Gasteiger partial charge is 0.425 e. The average Bonchev–Trinajstić information content (AvgIpc) is 2.82. The number of aldehydes is 1. The summed E-state index contributed by atoms with van der Waals surface area (Å²) in [6.07, 6.45) is 3.45. The Kier molecular flexibility index (Phi) is 8.67. The molecule has 1 saturated heterocycles. The van der Waals surface area contributed by atoms with Gasteiger partial charge < -0.3 is 14.6 Å². The van der Waals surface area contributed by atoms with E-state index in [0.717, 1.165) is 30.3 Å². The highest BCUT2D eigenvalue weighted by atomic mass is 35.5. The van der Waals surface area contributed by atoms with E-state index in [1.165, 1.54) is 5.01 Å². The molecule has 6 nitrogen and oxygen atoms in total. The number of unbranched alkanes of at least 4 members (excludes halogenated alkanes) is 1. The van der Waals surface area contributed by atoms with Gasteiger partial charge >= 0.3 is 6.09 Å². The van der Waals surface area contributed by atoms with Crippen molar-refractivity contribution in [3.8, 4) is 0 Å². The molecule has 1 heterocycles. The van der Waals surface area contributed by atoms with Crippen LogP contribution < -0.4 is 0 Å². The van der Waals surface area contributed by atoms with E-state index < -0.39 is 17.7 Å². The van der Waals surface area contributed by atoms with Crippen molar-refractivity contribution < 1.29 is 19.4 Å². The quantitative estimate of drug-likeness (QED) is 0.539. The van der Waals surface area contributed by atoms with Gasteiger partial charge in [-0.05, 0) is 42.5 Å². The Balaban J connectivity index is 1.72. The number of nitrogens with zero attached hydrogens (tertiary/aromatic N) is 2. The molecule has 7 heteroatoms. The molecular formula is C25H31ClN2O4. The Morgan fingerprint density at radius 2 is 1.84 bits per heavy atom. The minimum Gasteiger partial charge on any atom is -0.444 e. The van der Waals surface area contributed by atoms with Gasteiger partial charge in [0.1, 0.15) is 18.9 Å². The molecule has 3 rings (SSSR count). The van der Waals surface area contributed by atoms with E-state index in [9.17, 15) is 14.7 Å². The molecule has 1 unspecified atom stereocenters. The molecule has 2 aromatic carbocycles. The van der Waals surface area contributed by atoms with Gasteiger partial charge in [0.2, 0.25) is 0 Å². The summed E-state index contributed by atoms with van der Waals surface area (Å²) in [6, 6.07) is 16.1. The number of hydrogen-bond donors (Lipinski definition) is 1. The van der Waals surface area contributed by atoms with Crippen LogP contribution in [0.3, 0.4) is 0 Å². The van der Waals surface area contributed by atoms with E-state index >= 15 is 0 Å². The van der Waals surface area contributed by atoms with Crippen molar-refractivity contribution in [2.24, 2.45) is 0 Å². The highest BCUT2D eigenvalue weighted by Crippen LogP contribution is 2.34. The summed E-state index contributed by atoms with van der Waals surface area (Å²) in [7, 11) is 0. The summed E-state index contributed by atoms with van der Waals surface area (Å²) < 4.78 is 5.57. The monoisotopic (exact) mass is 458 g/mol. The van der Waals surface area contributed by atoms with Crippen LogP contribution in [0.25, 0.3) is 0 Å². The Bertz CT molecular complexity index is 867. The predicted octanol–water partition coefficient (Wildman–Crippen LogP) is 4.93.